The van der Waals surface area contributed by atoms with Crippen LogP contribution in [0.15, 0.2) is 0 Å². The quantitative estimate of drug-likeness (QED) is 0.151. The molecule has 2 saturated heterocycles. The van der Waals surface area contributed by atoms with Crippen molar-refractivity contribution in [2.24, 2.45) is 50.7 Å². The van der Waals surface area contributed by atoms with E-state index < -0.39 is 73.1 Å². The van der Waals surface area contributed by atoms with Crippen molar-refractivity contribution in [2.75, 3.05) is 13.2 Å². The molecule has 0 unspecified atom stereocenters. The molecule has 20 atom stereocenters. The van der Waals surface area contributed by atoms with E-state index >= 15 is 0 Å². The Morgan fingerprint density at radius 3 is 1.96 bits per heavy atom. The zero-order chi connectivity index (χ0) is 38.8. The van der Waals surface area contributed by atoms with E-state index in [1.54, 1.807) is 13.8 Å². The third-order valence-corrected chi connectivity index (χ3v) is 17.0. The Bertz CT molecular complexity index is 1350. The first-order chi connectivity index (χ1) is 24.6. The molecule has 7 aliphatic rings. The fraction of sp³-hybridized carbons (Fsp3) is 1.00. The Morgan fingerprint density at radius 2 is 1.32 bits per heavy atom. The minimum absolute atomic E-state index is 0.0300. The molecule has 5 aliphatic carbocycles. The Hall–Kier alpha value is -0.520. The van der Waals surface area contributed by atoms with E-state index in [2.05, 4.69) is 34.6 Å². The number of rotatable bonds is 9. The Morgan fingerprint density at radius 1 is 0.717 bits per heavy atom. The van der Waals surface area contributed by atoms with Crippen LogP contribution in [0.5, 0.6) is 0 Å². The highest BCUT2D eigenvalue weighted by molar-refractivity contribution is 5.32. The Balaban J connectivity index is 1.04. The molecule has 7 fully saturated rings. The van der Waals surface area contributed by atoms with Crippen LogP contribution in [0.2, 0.25) is 0 Å². The lowest BCUT2D eigenvalue weighted by Crippen LogP contribution is -2.62. The highest BCUT2D eigenvalue weighted by Crippen LogP contribution is 2.89. The fourth-order valence-corrected chi connectivity index (χ4v) is 14.0. The van der Waals surface area contributed by atoms with Crippen molar-refractivity contribution in [2.45, 2.75) is 185 Å². The molecular formula is C40H68O13. The van der Waals surface area contributed by atoms with E-state index in [-0.39, 0.29) is 70.1 Å². The minimum Gasteiger partial charge on any atom is -0.393 e. The van der Waals surface area contributed by atoms with Gasteiger partial charge in [0.05, 0.1) is 43.2 Å². The van der Waals surface area contributed by atoms with Crippen molar-refractivity contribution in [3.63, 3.8) is 0 Å². The smallest absolute Gasteiger partial charge is 0.186 e. The lowest BCUT2D eigenvalue weighted by molar-refractivity contribution is -0.307. The maximum absolute atomic E-state index is 12.3. The third-order valence-electron chi connectivity index (χ3n) is 17.0. The van der Waals surface area contributed by atoms with E-state index in [0.717, 1.165) is 32.1 Å². The summed E-state index contributed by atoms with van der Waals surface area (Å²) in [6.07, 6.45) is -5.47. The molecule has 0 aromatic carbocycles. The molecule has 13 heteroatoms. The van der Waals surface area contributed by atoms with Crippen LogP contribution in [0, 0.1) is 50.7 Å². The summed E-state index contributed by atoms with van der Waals surface area (Å²) in [6.45, 7) is 14.3. The molecule has 53 heavy (non-hydrogen) atoms. The molecule has 0 radical (unpaired) electrons. The largest absolute Gasteiger partial charge is 0.393 e. The standard InChI is InChI=1S/C40H68O13/c1-19(8-9-25(45)36(4,5)53-34-31(49)29(47)23(44)17-51-34)27-21(42)15-38(7)32-20(41)14-24-35(2,3)26(52-33-30(48)28(46)22(43)16-50-33)10-11-39(24)18-40(32,39)13-12-37(27,38)6/h19-34,41-49H,8-18H2,1-7H3/t19-,20+,21+,22-,23-,24+,25-,26+,27+,28+,29+,30-,31-,32+,33+,34+,37-,38+,39-,40+/m1/s1. The molecule has 306 valence electrons. The first-order valence-electron chi connectivity index (χ1n) is 20.3. The van der Waals surface area contributed by atoms with Crippen LogP contribution >= 0.6 is 0 Å². The van der Waals surface area contributed by atoms with Gasteiger partial charge in [0.1, 0.15) is 36.6 Å². The molecule has 2 spiro atoms. The molecule has 13 nitrogen and oxygen atoms in total. The zero-order valence-electron chi connectivity index (χ0n) is 32.7. The first-order valence-corrected chi connectivity index (χ1v) is 20.3. The van der Waals surface area contributed by atoms with Crippen LogP contribution in [0.25, 0.3) is 0 Å². The van der Waals surface area contributed by atoms with Crippen LogP contribution < -0.4 is 0 Å². The summed E-state index contributed by atoms with van der Waals surface area (Å²) in [5.41, 5.74) is -1.97. The number of hydrogen-bond acceptors (Lipinski definition) is 13. The number of aliphatic hydroxyl groups excluding tert-OH is 9. The molecule has 2 aliphatic heterocycles. The minimum atomic E-state index is -1.45. The predicted molar refractivity (Wildman–Crippen MR) is 190 cm³/mol. The van der Waals surface area contributed by atoms with Gasteiger partial charge < -0.3 is 64.9 Å². The lowest BCUT2D eigenvalue weighted by atomic mass is 9.41. The molecule has 5 saturated carbocycles. The van der Waals surface area contributed by atoms with Gasteiger partial charge in [-0.2, -0.15) is 0 Å². The van der Waals surface area contributed by atoms with Crippen molar-refractivity contribution in [1.82, 2.24) is 0 Å². The van der Waals surface area contributed by atoms with Crippen molar-refractivity contribution in [1.29, 1.82) is 0 Å². The normalized spacial score (nSPS) is 54.6. The van der Waals surface area contributed by atoms with Gasteiger partial charge in [-0.15, -0.1) is 0 Å². The summed E-state index contributed by atoms with van der Waals surface area (Å²) in [7, 11) is 0. The third kappa shape index (κ3) is 5.96. The van der Waals surface area contributed by atoms with E-state index in [1.807, 2.05) is 0 Å². The van der Waals surface area contributed by atoms with Gasteiger partial charge in [-0.05, 0) is 122 Å². The van der Waals surface area contributed by atoms with Gasteiger partial charge in [0, 0.05) is 0 Å². The molecule has 7 rings (SSSR count). The highest BCUT2D eigenvalue weighted by atomic mass is 16.7. The second-order valence-electron chi connectivity index (χ2n) is 20.2. The number of ether oxygens (including phenoxy) is 4. The second-order valence-corrected chi connectivity index (χ2v) is 20.2. The molecule has 0 aromatic heterocycles. The van der Waals surface area contributed by atoms with Crippen molar-refractivity contribution in [3.05, 3.63) is 0 Å². The average molecular weight is 757 g/mol. The maximum atomic E-state index is 12.3. The Labute approximate surface area is 314 Å². The van der Waals surface area contributed by atoms with Gasteiger partial charge in [-0.3, -0.25) is 0 Å². The maximum Gasteiger partial charge on any atom is 0.186 e. The molecular weight excluding hydrogens is 688 g/mol. The average Bonchev–Trinajstić information content (AvgIpc) is 3.68. The van der Waals surface area contributed by atoms with Crippen molar-refractivity contribution < 1.29 is 64.9 Å². The van der Waals surface area contributed by atoms with Gasteiger partial charge in [0.2, 0.25) is 0 Å². The van der Waals surface area contributed by atoms with Crippen LogP contribution in [0.4, 0.5) is 0 Å². The van der Waals surface area contributed by atoms with Crippen LogP contribution in [0.1, 0.15) is 106 Å². The van der Waals surface area contributed by atoms with Crippen LogP contribution in [-0.4, -0.2) is 138 Å². The van der Waals surface area contributed by atoms with Crippen LogP contribution in [-0.2, 0) is 18.9 Å². The molecule has 0 aromatic rings. The summed E-state index contributed by atoms with van der Waals surface area (Å²) in [6, 6.07) is 0. The summed E-state index contributed by atoms with van der Waals surface area (Å²) in [5, 5.41) is 96.7. The Kier molecular flexibility index (Phi) is 10.4. The van der Waals surface area contributed by atoms with Gasteiger partial charge in [-0.1, -0.05) is 34.6 Å². The molecule has 9 N–H and O–H groups in total. The van der Waals surface area contributed by atoms with Gasteiger partial charge in [-0.25, -0.2) is 0 Å². The monoisotopic (exact) mass is 756 g/mol. The van der Waals surface area contributed by atoms with Gasteiger partial charge in [0.25, 0.3) is 0 Å². The highest BCUT2D eigenvalue weighted by Gasteiger charge is 2.84. The van der Waals surface area contributed by atoms with E-state index in [0.29, 0.717) is 25.7 Å². The number of aliphatic hydroxyl groups is 9. The summed E-state index contributed by atoms with van der Waals surface area (Å²) in [4.78, 5) is 0. The lowest BCUT2D eigenvalue weighted by Gasteiger charge is -2.64. The van der Waals surface area contributed by atoms with Crippen molar-refractivity contribution in [3.8, 4) is 0 Å². The number of hydrogen-bond donors (Lipinski definition) is 9. The zero-order valence-corrected chi connectivity index (χ0v) is 32.7. The van der Waals surface area contributed by atoms with E-state index in [9.17, 15) is 46.0 Å². The topological polar surface area (TPSA) is 219 Å². The van der Waals surface area contributed by atoms with Crippen LogP contribution in [0.3, 0.4) is 0 Å². The van der Waals surface area contributed by atoms with Crippen molar-refractivity contribution >= 4 is 0 Å². The van der Waals surface area contributed by atoms with Gasteiger partial charge >= 0.3 is 0 Å². The molecule has 0 bridgehead atoms. The molecule has 0 amide bonds. The fourth-order valence-electron chi connectivity index (χ4n) is 14.0. The summed E-state index contributed by atoms with van der Waals surface area (Å²) >= 11 is 0. The number of fused-ring (bicyclic) bond motifs is 2. The summed E-state index contributed by atoms with van der Waals surface area (Å²) in [5.74, 6) is 0.261. The molecule has 2 heterocycles. The second kappa shape index (κ2) is 13.5. The predicted octanol–water partition coefficient (Wildman–Crippen LogP) is 1.20. The van der Waals surface area contributed by atoms with Gasteiger partial charge in [0.15, 0.2) is 12.6 Å². The van der Waals surface area contributed by atoms with E-state index in [4.69, 9.17) is 18.9 Å². The SMILES string of the molecule is C[C@H](CC[C@@H](O)C(C)(C)O[C@@H]1OC[C@@H](O)[C@H](O)[C@H]1O)[C@H]1[C@@H](O)C[C@@]2(C)[C@@H]3[C@@H](O)C[C@H]4C(C)(C)[C@@H](O[C@@H]5OC[C@@H](O)[C@H](O)[C@H]5O)CC[C@@]45C[C@@]35CC[C@]12C. The first kappa shape index (κ1) is 40.7. The summed E-state index contributed by atoms with van der Waals surface area (Å²) < 4.78 is 23.4. The van der Waals surface area contributed by atoms with E-state index in [1.165, 1.54) is 0 Å².